The van der Waals surface area contributed by atoms with Gasteiger partial charge in [0.25, 0.3) is 17.7 Å². The predicted molar refractivity (Wildman–Crippen MR) is 126 cm³/mol. The molecule has 2 N–H and O–H groups in total. The van der Waals surface area contributed by atoms with Crippen LogP contribution in [-0.2, 0) is 5.41 Å². The fourth-order valence-electron chi connectivity index (χ4n) is 4.59. The Morgan fingerprint density at radius 1 is 1.03 bits per heavy atom. The number of ether oxygens (including phenoxy) is 1. The minimum atomic E-state index is -0.650. The van der Waals surface area contributed by atoms with Gasteiger partial charge in [-0.3, -0.25) is 14.4 Å². The van der Waals surface area contributed by atoms with Gasteiger partial charge in [0.05, 0.1) is 12.8 Å². The Morgan fingerprint density at radius 3 is 2.18 bits per heavy atom. The standard InChI is InChI=1S/C25H25N5O4/c1-28(2)23(32)15-4-6-16(7-5-15)29-14-25(12-13-25)19-20(22(26)31)27-30(21(19)24(29)33)17-8-10-18(34-3)11-9-17/h4-11H,12-14H2,1-3H3,(H2,26,31). The summed E-state index contributed by atoms with van der Waals surface area (Å²) in [5.74, 6) is -0.363. The molecule has 1 spiro atoms. The van der Waals surface area contributed by atoms with E-state index < -0.39 is 5.91 Å². The first-order valence-electron chi connectivity index (χ1n) is 11.0. The van der Waals surface area contributed by atoms with Gasteiger partial charge in [-0.1, -0.05) is 0 Å². The molecule has 0 unspecified atom stereocenters. The van der Waals surface area contributed by atoms with Crippen LogP contribution in [0.25, 0.3) is 5.69 Å². The van der Waals surface area contributed by atoms with Crippen LogP contribution >= 0.6 is 0 Å². The summed E-state index contributed by atoms with van der Waals surface area (Å²) in [6.45, 7) is 0.425. The predicted octanol–water partition coefficient (Wildman–Crippen LogP) is 2.37. The van der Waals surface area contributed by atoms with Gasteiger partial charge in [-0.05, 0) is 61.4 Å². The van der Waals surface area contributed by atoms with Crippen LogP contribution in [-0.4, -0.2) is 60.2 Å². The fourth-order valence-corrected chi connectivity index (χ4v) is 4.59. The first-order valence-corrected chi connectivity index (χ1v) is 11.0. The van der Waals surface area contributed by atoms with Crippen LogP contribution < -0.4 is 15.4 Å². The van der Waals surface area contributed by atoms with E-state index in [0.717, 1.165) is 12.8 Å². The van der Waals surface area contributed by atoms with Gasteiger partial charge >= 0.3 is 0 Å². The van der Waals surface area contributed by atoms with E-state index in [4.69, 9.17) is 10.5 Å². The maximum absolute atomic E-state index is 13.8. The SMILES string of the molecule is COc1ccc(-n2nc(C(N)=O)c3c2C(=O)N(c2ccc(C(=O)N(C)C)cc2)CC32CC2)cc1. The summed E-state index contributed by atoms with van der Waals surface area (Å²) in [6.07, 6.45) is 1.66. The van der Waals surface area contributed by atoms with Crippen LogP contribution in [0.4, 0.5) is 5.69 Å². The molecule has 0 atom stereocenters. The van der Waals surface area contributed by atoms with E-state index in [0.29, 0.717) is 40.5 Å². The van der Waals surface area contributed by atoms with Crippen molar-refractivity contribution in [3.05, 3.63) is 71.0 Å². The minimum Gasteiger partial charge on any atom is -0.497 e. The Hall–Kier alpha value is -4.14. The summed E-state index contributed by atoms with van der Waals surface area (Å²) < 4.78 is 6.74. The van der Waals surface area contributed by atoms with Crippen LogP contribution in [0.5, 0.6) is 5.75 Å². The van der Waals surface area contributed by atoms with E-state index in [1.165, 1.54) is 9.58 Å². The molecule has 9 nitrogen and oxygen atoms in total. The number of hydrogen-bond donors (Lipinski definition) is 1. The average molecular weight is 460 g/mol. The quantitative estimate of drug-likeness (QED) is 0.630. The Balaban J connectivity index is 1.61. The number of carbonyl (C=O) groups excluding carboxylic acids is 3. The number of fused-ring (bicyclic) bond motifs is 2. The third-order valence-electron chi connectivity index (χ3n) is 6.56. The molecule has 2 aromatic carbocycles. The smallest absolute Gasteiger partial charge is 0.277 e. The Bertz CT molecular complexity index is 1300. The second kappa shape index (κ2) is 7.72. The van der Waals surface area contributed by atoms with Gasteiger partial charge in [0.15, 0.2) is 5.69 Å². The number of rotatable bonds is 5. The third-order valence-corrected chi connectivity index (χ3v) is 6.56. The number of benzene rings is 2. The van der Waals surface area contributed by atoms with Gasteiger partial charge in [-0.15, -0.1) is 0 Å². The molecule has 0 radical (unpaired) electrons. The lowest BCUT2D eigenvalue weighted by Gasteiger charge is -2.33. The molecule has 1 fully saturated rings. The van der Waals surface area contributed by atoms with E-state index >= 15 is 0 Å². The van der Waals surface area contributed by atoms with E-state index in [-0.39, 0.29) is 22.9 Å². The molecule has 34 heavy (non-hydrogen) atoms. The van der Waals surface area contributed by atoms with E-state index in [9.17, 15) is 14.4 Å². The molecule has 1 saturated carbocycles. The molecule has 3 amide bonds. The van der Waals surface area contributed by atoms with Gasteiger partial charge in [-0.2, -0.15) is 5.10 Å². The molecule has 3 aromatic rings. The lowest BCUT2D eigenvalue weighted by Crippen LogP contribution is -2.44. The second-order valence-electron chi connectivity index (χ2n) is 8.96. The molecule has 2 heterocycles. The van der Waals surface area contributed by atoms with Crippen LogP contribution in [0, 0.1) is 0 Å². The zero-order valence-corrected chi connectivity index (χ0v) is 19.2. The van der Waals surface area contributed by atoms with E-state index in [1.807, 2.05) is 0 Å². The topological polar surface area (TPSA) is 111 Å². The molecule has 174 valence electrons. The number of primary amides is 1. The second-order valence-corrected chi connectivity index (χ2v) is 8.96. The molecule has 2 aliphatic rings. The van der Waals surface area contributed by atoms with Crippen molar-refractivity contribution >= 4 is 23.4 Å². The number of aromatic nitrogens is 2. The summed E-state index contributed by atoms with van der Waals surface area (Å²) >= 11 is 0. The number of nitrogens with two attached hydrogens (primary N) is 1. The third kappa shape index (κ3) is 3.32. The first-order chi connectivity index (χ1) is 16.3. The highest BCUT2D eigenvalue weighted by molar-refractivity contribution is 6.11. The number of hydrogen-bond acceptors (Lipinski definition) is 5. The summed E-state index contributed by atoms with van der Waals surface area (Å²) in [5.41, 5.74) is 8.29. The Morgan fingerprint density at radius 2 is 1.65 bits per heavy atom. The monoisotopic (exact) mass is 459 g/mol. The molecule has 5 rings (SSSR count). The first kappa shape index (κ1) is 21.7. The zero-order valence-electron chi connectivity index (χ0n) is 19.2. The highest BCUT2D eigenvalue weighted by Crippen LogP contribution is 2.54. The van der Waals surface area contributed by atoms with Crippen LogP contribution in [0.3, 0.4) is 0 Å². The highest BCUT2D eigenvalue weighted by Gasteiger charge is 2.56. The molecular formula is C25H25N5O4. The highest BCUT2D eigenvalue weighted by atomic mass is 16.5. The van der Waals surface area contributed by atoms with Crippen LogP contribution in [0.15, 0.2) is 48.5 Å². The van der Waals surface area contributed by atoms with Gasteiger partial charge < -0.3 is 20.3 Å². The maximum atomic E-state index is 13.8. The molecular weight excluding hydrogens is 434 g/mol. The van der Waals surface area contributed by atoms with Gasteiger partial charge in [0, 0.05) is 42.9 Å². The van der Waals surface area contributed by atoms with Crippen molar-refractivity contribution in [3.8, 4) is 11.4 Å². The molecule has 0 saturated heterocycles. The van der Waals surface area contributed by atoms with Gasteiger partial charge in [0.2, 0.25) is 0 Å². The number of anilines is 1. The lowest BCUT2D eigenvalue weighted by molar-refractivity contribution is 0.0827. The maximum Gasteiger partial charge on any atom is 0.277 e. The molecule has 9 heteroatoms. The van der Waals surface area contributed by atoms with Crippen molar-refractivity contribution in [1.82, 2.24) is 14.7 Å². The Kier molecular flexibility index (Phi) is 4.93. The summed E-state index contributed by atoms with van der Waals surface area (Å²) in [6, 6.07) is 14.1. The molecule has 0 bridgehead atoms. The van der Waals surface area contributed by atoms with Gasteiger partial charge in [0.1, 0.15) is 11.4 Å². The fraction of sp³-hybridized carbons (Fsp3) is 0.280. The van der Waals surface area contributed by atoms with E-state index in [2.05, 4.69) is 5.10 Å². The van der Waals surface area contributed by atoms with Crippen molar-refractivity contribution in [2.24, 2.45) is 5.73 Å². The Labute approximate surface area is 196 Å². The van der Waals surface area contributed by atoms with Crippen molar-refractivity contribution in [3.63, 3.8) is 0 Å². The lowest BCUT2D eigenvalue weighted by atomic mass is 9.88. The normalized spacial score (nSPS) is 15.7. The average Bonchev–Trinajstić information content (AvgIpc) is 3.48. The number of carbonyl (C=O) groups is 3. The molecule has 1 aliphatic carbocycles. The van der Waals surface area contributed by atoms with Crippen molar-refractivity contribution in [1.29, 1.82) is 0 Å². The summed E-state index contributed by atoms with van der Waals surface area (Å²) in [7, 11) is 4.96. The van der Waals surface area contributed by atoms with Gasteiger partial charge in [-0.25, -0.2) is 4.68 Å². The molecule has 1 aromatic heterocycles. The van der Waals surface area contributed by atoms with Crippen LogP contribution in [0.1, 0.15) is 49.7 Å². The molecule has 1 aliphatic heterocycles. The van der Waals surface area contributed by atoms with E-state index in [1.54, 1.807) is 74.6 Å². The largest absolute Gasteiger partial charge is 0.497 e. The zero-order chi connectivity index (χ0) is 24.2. The van der Waals surface area contributed by atoms with Crippen LogP contribution in [0.2, 0.25) is 0 Å². The van der Waals surface area contributed by atoms with Crippen molar-refractivity contribution in [2.75, 3.05) is 32.6 Å². The van der Waals surface area contributed by atoms with Crippen molar-refractivity contribution in [2.45, 2.75) is 18.3 Å². The number of nitrogens with zero attached hydrogens (tertiary/aromatic N) is 4. The number of amides is 3. The number of methoxy groups -OCH3 is 1. The summed E-state index contributed by atoms with van der Waals surface area (Å²) in [4.78, 5) is 41.6. The summed E-state index contributed by atoms with van der Waals surface area (Å²) in [5, 5.41) is 4.49. The van der Waals surface area contributed by atoms with Crippen molar-refractivity contribution < 1.29 is 19.1 Å². The minimum absolute atomic E-state index is 0.110.